The van der Waals surface area contributed by atoms with Gasteiger partial charge in [-0.1, -0.05) is 13.3 Å². The maximum absolute atomic E-state index is 10.7. The van der Waals surface area contributed by atoms with E-state index in [4.69, 9.17) is 4.74 Å². The second-order valence-electron chi connectivity index (χ2n) is 4.48. The molecular formula is C14H18N2O3. The third-order valence-electron chi connectivity index (χ3n) is 3.08. The number of non-ortho nitro benzene ring substituents is 1. The summed E-state index contributed by atoms with van der Waals surface area (Å²) in [4.78, 5) is 10.3. The first-order valence-corrected chi connectivity index (χ1v) is 6.53. The number of nitrogens with zero attached hydrogens (tertiary/aromatic N) is 2. The molecule has 0 amide bonds. The fraction of sp³-hybridized carbons (Fsp3) is 0.429. The number of nitro groups is 1. The van der Waals surface area contributed by atoms with Crippen LogP contribution in [0.1, 0.15) is 19.8 Å². The molecule has 0 bridgehead atoms. The summed E-state index contributed by atoms with van der Waals surface area (Å²) in [6.45, 7) is 4.36. The Kier molecular flexibility index (Phi) is 4.52. The van der Waals surface area contributed by atoms with E-state index in [0.29, 0.717) is 6.61 Å². The number of aromatic nitrogens is 1. The lowest BCUT2D eigenvalue weighted by molar-refractivity contribution is -0.384. The highest BCUT2D eigenvalue weighted by Gasteiger charge is 2.08. The van der Waals surface area contributed by atoms with E-state index in [1.807, 2.05) is 12.3 Å². The van der Waals surface area contributed by atoms with Gasteiger partial charge in [-0.2, -0.15) is 0 Å². The first-order valence-electron chi connectivity index (χ1n) is 6.53. The van der Waals surface area contributed by atoms with Crippen molar-refractivity contribution >= 4 is 16.6 Å². The van der Waals surface area contributed by atoms with Crippen molar-refractivity contribution in [3.8, 4) is 0 Å². The van der Waals surface area contributed by atoms with Gasteiger partial charge in [-0.05, 0) is 18.6 Å². The molecule has 0 atom stereocenters. The monoisotopic (exact) mass is 262 g/mol. The maximum atomic E-state index is 10.7. The number of fused-ring (bicyclic) bond motifs is 1. The molecule has 5 heteroatoms. The van der Waals surface area contributed by atoms with Gasteiger partial charge in [0.25, 0.3) is 5.69 Å². The molecule has 0 saturated carbocycles. The van der Waals surface area contributed by atoms with Crippen LogP contribution in [0.3, 0.4) is 0 Å². The summed E-state index contributed by atoms with van der Waals surface area (Å²) in [5.41, 5.74) is 1.13. The normalized spacial score (nSPS) is 11.0. The lowest BCUT2D eigenvalue weighted by Gasteiger charge is -2.06. The number of benzene rings is 1. The SMILES string of the molecule is CCCCOCCn1ccc2cc([N+](=O)[O-])ccc21. The number of ether oxygens (including phenoxy) is 1. The van der Waals surface area contributed by atoms with E-state index in [9.17, 15) is 10.1 Å². The number of rotatable bonds is 7. The van der Waals surface area contributed by atoms with Gasteiger partial charge in [0.2, 0.25) is 0 Å². The molecule has 102 valence electrons. The van der Waals surface area contributed by atoms with Crippen molar-refractivity contribution < 1.29 is 9.66 Å². The first kappa shape index (κ1) is 13.5. The Labute approximate surface area is 111 Å². The fourth-order valence-corrected chi connectivity index (χ4v) is 2.01. The van der Waals surface area contributed by atoms with Crippen molar-refractivity contribution in [2.75, 3.05) is 13.2 Å². The molecule has 0 aliphatic rings. The summed E-state index contributed by atoms with van der Waals surface area (Å²) in [5, 5.41) is 11.6. The average Bonchev–Trinajstić information content (AvgIpc) is 2.81. The lowest BCUT2D eigenvalue weighted by Crippen LogP contribution is -2.05. The zero-order valence-corrected chi connectivity index (χ0v) is 11.0. The molecular weight excluding hydrogens is 244 g/mol. The number of hydrogen-bond acceptors (Lipinski definition) is 3. The lowest BCUT2D eigenvalue weighted by atomic mass is 10.2. The van der Waals surface area contributed by atoms with Gasteiger partial charge in [0, 0.05) is 42.4 Å². The second-order valence-corrected chi connectivity index (χ2v) is 4.48. The van der Waals surface area contributed by atoms with Crippen molar-refractivity contribution in [2.24, 2.45) is 0 Å². The van der Waals surface area contributed by atoms with Gasteiger partial charge < -0.3 is 9.30 Å². The van der Waals surface area contributed by atoms with E-state index in [1.165, 1.54) is 6.07 Å². The number of nitro benzene ring substituents is 1. The van der Waals surface area contributed by atoms with Crippen LogP contribution in [0.25, 0.3) is 10.9 Å². The molecule has 1 heterocycles. The summed E-state index contributed by atoms with van der Waals surface area (Å²) in [5.74, 6) is 0. The molecule has 0 radical (unpaired) electrons. The summed E-state index contributed by atoms with van der Waals surface area (Å²) < 4.78 is 7.59. The van der Waals surface area contributed by atoms with Gasteiger partial charge in [0.1, 0.15) is 0 Å². The minimum absolute atomic E-state index is 0.129. The van der Waals surface area contributed by atoms with Crippen molar-refractivity contribution in [3.05, 3.63) is 40.6 Å². The topological polar surface area (TPSA) is 57.3 Å². The Morgan fingerprint density at radius 2 is 2.16 bits per heavy atom. The molecule has 1 aromatic carbocycles. The Morgan fingerprint density at radius 1 is 1.32 bits per heavy atom. The summed E-state index contributed by atoms with van der Waals surface area (Å²) >= 11 is 0. The van der Waals surface area contributed by atoms with Crippen molar-refractivity contribution in [1.29, 1.82) is 0 Å². The van der Waals surface area contributed by atoms with Crippen molar-refractivity contribution in [1.82, 2.24) is 4.57 Å². The molecule has 2 rings (SSSR count). The number of unbranched alkanes of at least 4 members (excludes halogenated alkanes) is 1. The molecule has 19 heavy (non-hydrogen) atoms. The van der Waals surface area contributed by atoms with Crippen LogP contribution in [0, 0.1) is 10.1 Å². The minimum Gasteiger partial charge on any atom is -0.380 e. The van der Waals surface area contributed by atoms with Crippen LogP contribution in [-0.2, 0) is 11.3 Å². The van der Waals surface area contributed by atoms with E-state index < -0.39 is 0 Å². The van der Waals surface area contributed by atoms with Crippen molar-refractivity contribution in [3.63, 3.8) is 0 Å². The highest BCUT2D eigenvalue weighted by Crippen LogP contribution is 2.21. The summed E-state index contributed by atoms with van der Waals surface area (Å²) in [6, 6.07) is 6.83. The van der Waals surface area contributed by atoms with Crippen LogP contribution >= 0.6 is 0 Å². The molecule has 0 fully saturated rings. The zero-order valence-electron chi connectivity index (χ0n) is 11.0. The second kappa shape index (κ2) is 6.33. The van der Waals surface area contributed by atoms with E-state index >= 15 is 0 Å². The Bertz CT molecular complexity index is 563. The van der Waals surface area contributed by atoms with Crippen LogP contribution in [-0.4, -0.2) is 22.7 Å². The van der Waals surface area contributed by atoms with E-state index in [-0.39, 0.29) is 10.6 Å². The minimum atomic E-state index is -0.370. The third-order valence-corrected chi connectivity index (χ3v) is 3.08. The molecule has 0 unspecified atom stereocenters. The molecule has 0 N–H and O–H groups in total. The third kappa shape index (κ3) is 3.32. The molecule has 0 spiro atoms. The van der Waals surface area contributed by atoms with Crippen molar-refractivity contribution in [2.45, 2.75) is 26.3 Å². The maximum Gasteiger partial charge on any atom is 0.270 e. The van der Waals surface area contributed by atoms with E-state index in [2.05, 4.69) is 11.5 Å². The first-order chi connectivity index (χ1) is 9.22. The van der Waals surface area contributed by atoms with Gasteiger partial charge in [-0.3, -0.25) is 10.1 Å². The largest absolute Gasteiger partial charge is 0.380 e. The molecule has 2 aromatic rings. The van der Waals surface area contributed by atoms with Crippen LogP contribution in [0.15, 0.2) is 30.5 Å². The molecule has 0 aliphatic heterocycles. The van der Waals surface area contributed by atoms with Gasteiger partial charge >= 0.3 is 0 Å². The standard InChI is InChI=1S/C14H18N2O3/c1-2-3-9-19-10-8-15-7-6-12-11-13(16(17)18)4-5-14(12)15/h4-7,11H,2-3,8-10H2,1H3. The van der Waals surface area contributed by atoms with Crippen LogP contribution in [0.5, 0.6) is 0 Å². The molecule has 5 nitrogen and oxygen atoms in total. The number of hydrogen-bond donors (Lipinski definition) is 0. The Hall–Kier alpha value is -1.88. The van der Waals surface area contributed by atoms with Crippen LogP contribution < -0.4 is 0 Å². The predicted molar refractivity (Wildman–Crippen MR) is 74.3 cm³/mol. The van der Waals surface area contributed by atoms with Crippen LogP contribution in [0.4, 0.5) is 5.69 Å². The molecule has 0 aliphatic carbocycles. The fourth-order valence-electron chi connectivity index (χ4n) is 2.01. The van der Waals surface area contributed by atoms with E-state index in [1.54, 1.807) is 12.1 Å². The molecule has 1 aromatic heterocycles. The summed E-state index contributed by atoms with van der Waals surface area (Å²) in [7, 11) is 0. The predicted octanol–water partition coefficient (Wildman–Crippen LogP) is 3.37. The highest BCUT2D eigenvalue weighted by molar-refractivity contribution is 5.82. The smallest absolute Gasteiger partial charge is 0.270 e. The summed E-state index contributed by atoms with van der Waals surface area (Å²) in [6.07, 6.45) is 4.16. The van der Waals surface area contributed by atoms with E-state index in [0.717, 1.165) is 36.9 Å². The van der Waals surface area contributed by atoms with Gasteiger partial charge in [-0.25, -0.2) is 0 Å². The zero-order chi connectivity index (χ0) is 13.7. The average molecular weight is 262 g/mol. The quantitative estimate of drug-likeness (QED) is 0.436. The molecule has 0 saturated heterocycles. The van der Waals surface area contributed by atoms with Gasteiger partial charge in [0.05, 0.1) is 11.5 Å². The van der Waals surface area contributed by atoms with Crippen LogP contribution in [0.2, 0.25) is 0 Å². The van der Waals surface area contributed by atoms with Gasteiger partial charge in [-0.15, -0.1) is 0 Å². The van der Waals surface area contributed by atoms with Gasteiger partial charge in [0.15, 0.2) is 0 Å². The Morgan fingerprint density at radius 3 is 2.89 bits per heavy atom. The highest BCUT2D eigenvalue weighted by atomic mass is 16.6. The Balaban J connectivity index is 2.02.